The SMILES string of the molecule is O=C(CCC1CCCO1)c1cccc(F)c1F. The number of hydrogen-bond acceptors (Lipinski definition) is 2. The molecular weight excluding hydrogens is 226 g/mol. The molecule has 1 aliphatic rings. The first-order valence-electron chi connectivity index (χ1n) is 5.77. The first kappa shape index (κ1) is 12.2. The second-order valence-electron chi connectivity index (χ2n) is 4.20. The second-order valence-corrected chi connectivity index (χ2v) is 4.20. The fourth-order valence-corrected chi connectivity index (χ4v) is 2.02. The van der Waals surface area contributed by atoms with Crippen molar-refractivity contribution in [1.29, 1.82) is 0 Å². The molecule has 1 aromatic rings. The van der Waals surface area contributed by atoms with E-state index in [0.29, 0.717) is 6.42 Å². The van der Waals surface area contributed by atoms with Crippen LogP contribution in [-0.4, -0.2) is 18.5 Å². The van der Waals surface area contributed by atoms with Gasteiger partial charge in [0, 0.05) is 13.0 Å². The van der Waals surface area contributed by atoms with Gasteiger partial charge in [-0.1, -0.05) is 6.07 Å². The van der Waals surface area contributed by atoms with Crippen LogP contribution in [0.5, 0.6) is 0 Å². The van der Waals surface area contributed by atoms with Crippen LogP contribution in [0.3, 0.4) is 0 Å². The Morgan fingerprint density at radius 2 is 2.24 bits per heavy atom. The van der Waals surface area contributed by atoms with Gasteiger partial charge in [-0.15, -0.1) is 0 Å². The molecule has 1 aromatic carbocycles. The van der Waals surface area contributed by atoms with E-state index in [1.807, 2.05) is 0 Å². The number of Topliss-reactive ketones (excluding diaryl/α,β-unsaturated/α-hetero) is 1. The first-order chi connectivity index (χ1) is 8.18. The van der Waals surface area contributed by atoms with Gasteiger partial charge in [0.05, 0.1) is 11.7 Å². The van der Waals surface area contributed by atoms with Gasteiger partial charge in [0.25, 0.3) is 0 Å². The summed E-state index contributed by atoms with van der Waals surface area (Å²) in [6.07, 6.45) is 2.82. The molecule has 4 heteroatoms. The predicted octanol–water partition coefficient (Wildman–Crippen LogP) is 3.11. The average Bonchev–Trinajstić information content (AvgIpc) is 2.82. The van der Waals surface area contributed by atoms with Crippen molar-refractivity contribution in [2.24, 2.45) is 0 Å². The summed E-state index contributed by atoms with van der Waals surface area (Å²) < 4.78 is 31.6. The van der Waals surface area contributed by atoms with Crippen molar-refractivity contribution >= 4 is 5.78 Å². The Bertz CT molecular complexity index is 412. The summed E-state index contributed by atoms with van der Waals surface area (Å²) in [5, 5.41) is 0. The van der Waals surface area contributed by atoms with Gasteiger partial charge in [0.1, 0.15) is 0 Å². The molecule has 1 unspecified atom stereocenters. The summed E-state index contributed by atoms with van der Waals surface area (Å²) in [7, 11) is 0. The third kappa shape index (κ3) is 2.88. The lowest BCUT2D eigenvalue weighted by Gasteiger charge is -2.08. The third-order valence-electron chi connectivity index (χ3n) is 2.97. The van der Waals surface area contributed by atoms with Crippen LogP contribution in [0.1, 0.15) is 36.0 Å². The summed E-state index contributed by atoms with van der Waals surface area (Å²) in [4.78, 5) is 11.7. The van der Waals surface area contributed by atoms with E-state index in [1.54, 1.807) is 0 Å². The molecule has 17 heavy (non-hydrogen) atoms. The standard InChI is InChI=1S/C13H14F2O2/c14-11-5-1-4-10(13(11)15)12(16)7-6-9-3-2-8-17-9/h1,4-5,9H,2-3,6-8H2. The number of hydrogen-bond donors (Lipinski definition) is 0. The van der Waals surface area contributed by atoms with Crippen LogP contribution in [0.4, 0.5) is 8.78 Å². The number of halogens is 2. The average molecular weight is 240 g/mol. The fraction of sp³-hybridized carbons (Fsp3) is 0.462. The zero-order valence-corrected chi connectivity index (χ0v) is 9.42. The van der Waals surface area contributed by atoms with Gasteiger partial charge in [-0.3, -0.25) is 4.79 Å². The zero-order valence-electron chi connectivity index (χ0n) is 9.42. The molecule has 1 saturated heterocycles. The van der Waals surface area contributed by atoms with Gasteiger partial charge in [0.15, 0.2) is 17.4 Å². The Morgan fingerprint density at radius 3 is 2.94 bits per heavy atom. The number of ketones is 1. The van der Waals surface area contributed by atoms with Gasteiger partial charge >= 0.3 is 0 Å². The van der Waals surface area contributed by atoms with Crippen molar-refractivity contribution in [3.8, 4) is 0 Å². The van der Waals surface area contributed by atoms with Crippen LogP contribution in [0.15, 0.2) is 18.2 Å². The molecule has 0 radical (unpaired) electrons. The Balaban J connectivity index is 1.97. The maximum atomic E-state index is 13.3. The first-order valence-corrected chi connectivity index (χ1v) is 5.77. The molecule has 92 valence electrons. The fourth-order valence-electron chi connectivity index (χ4n) is 2.02. The van der Waals surface area contributed by atoms with Crippen molar-refractivity contribution in [3.63, 3.8) is 0 Å². The summed E-state index contributed by atoms with van der Waals surface area (Å²) >= 11 is 0. The molecule has 1 atom stereocenters. The minimum Gasteiger partial charge on any atom is -0.378 e. The molecule has 2 nitrogen and oxygen atoms in total. The van der Waals surface area contributed by atoms with E-state index in [-0.39, 0.29) is 23.9 Å². The molecular formula is C13H14F2O2. The van der Waals surface area contributed by atoms with Crippen molar-refractivity contribution in [2.75, 3.05) is 6.61 Å². The Labute approximate surface area is 98.6 Å². The van der Waals surface area contributed by atoms with E-state index in [1.165, 1.54) is 12.1 Å². The van der Waals surface area contributed by atoms with E-state index in [4.69, 9.17) is 4.74 Å². The van der Waals surface area contributed by atoms with Crippen LogP contribution >= 0.6 is 0 Å². The third-order valence-corrected chi connectivity index (χ3v) is 2.97. The molecule has 1 fully saturated rings. The molecule has 0 saturated carbocycles. The largest absolute Gasteiger partial charge is 0.378 e. The van der Waals surface area contributed by atoms with Crippen molar-refractivity contribution in [2.45, 2.75) is 31.8 Å². The van der Waals surface area contributed by atoms with Crippen LogP contribution in [0.2, 0.25) is 0 Å². The van der Waals surface area contributed by atoms with E-state index in [2.05, 4.69) is 0 Å². The van der Waals surface area contributed by atoms with Crippen LogP contribution in [0.25, 0.3) is 0 Å². The topological polar surface area (TPSA) is 26.3 Å². The highest BCUT2D eigenvalue weighted by Crippen LogP contribution is 2.19. The highest BCUT2D eigenvalue weighted by Gasteiger charge is 2.19. The van der Waals surface area contributed by atoms with Gasteiger partial charge < -0.3 is 4.74 Å². The highest BCUT2D eigenvalue weighted by atomic mass is 19.2. The Morgan fingerprint density at radius 1 is 1.41 bits per heavy atom. The minimum atomic E-state index is -1.05. The molecule has 2 rings (SSSR count). The Hall–Kier alpha value is -1.29. The summed E-state index contributed by atoms with van der Waals surface area (Å²) in [6.45, 7) is 0.729. The molecule has 0 spiro atoms. The van der Waals surface area contributed by atoms with E-state index in [0.717, 1.165) is 25.5 Å². The molecule has 0 N–H and O–H groups in total. The van der Waals surface area contributed by atoms with Gasteiger partial charge in [0.2, 0.25) is 0 Å². The number of ether oxygens (including phenoxy) is 1. The van der Waals surface area contributed by atoms with E-state index >= 15 is 0 Å². The summed E-state index contributed by atoms with van der Waals surface area (Å²) in [5.74, 6) is -2.39. The normalized spacial score (nSPS) is 19.5. The maximum Gasteiger partial charge on any atom is 0.169 e. The summed E-state index contributed by atoms with van der Waals surface area (Å²) in [6, 6.07) is 3.67. The summed E-state index contributed by atoms with van der Waals surface area (Å²) in [5.41, 5.74) is -0.164. The van der Waals surface area contributed by atoms with Crippen LogP contribution in [-0.2, 0) is 4.74 Å². The number of carbonyl (C=O) groups excluding carboxylic acids is 1. The lowest BCUT2D eigenvalue weighted by molar-refractivity contribution is 0.0856. The quantitative estimate of drug-likeness (QED) is 0.756. The zero-order chi connectivity index (χ0) is 12.3. The van der Waals surface area contributed by atoms with Gasteiger partial charge in [-0.2, -0.15) is 0 Å². The molecule has 1 heterocycles. The molecule has 0 amide bonds. The Kier molecular flexibility index (Phi) is 3.84. The lowest BCUT2D eigenvalue weighted by atomic mass is 10.0. The van der Waals surface area contributed by atoms with Crippen LogP contribution in [0, 0.1) is 11.6 Å². The lowest BCUT2D eigenvalue weighted by Crippen LogP contribution is -2.10. The monoisotopic (exact) mass is 240 g/mol. The number of benzene rings is 1. The van der Waals surface area contributed by atoms with Gasteiger partial charge in [-0.05, 0) is 31.4 Å². The van der Waals surface area contributed by atoms with Gasteiger partial charge in [-0.25, -0.2) is 8.78 Å². The molecule has 1 aliphatic heterocycles. The molecule has 0 aromatic heterocycles. The highest BCUT2D eigenvalue weighted by molar-refractivity contribution is 5.96. The maximum absolute atomic E-state index is 13.3. The van der Waals surface area contributed by atoms with Crippen molar-refractivity contribution in [3.05, 3.63) is 35.4 Å². The van der Waals surface area contributed by atoms with Crippen molar-refractivity contribution in [1.82, 2.24) is 0 Å². The number of carbonyl (C=O) groups is 1. The van der Waals surface area contributed by atoms with E-state index in [9.17, 15) is 13.6 Å². The second kappa shape index (κ2) is 5.36. The smallest absolute Gasteiger partial charge is 0.169 e. The van der Waals surface area contributed by atoms with Crippen molar-refractivity contribution < 1.29 is 18.3 Å². The predicted molar refractivity (Wildman–Crippen MR) is 58.9 cm³/mol. The van der Waals surface area contributed by atoms with E-state index < -0.39 is 11.6 Å². The minimum absolute atomic E-state index is 0.0931. The van der Waals surface area contributed by atoms with Crippen LogP contribution < -0.4 is 0 Å². The number of rotatable bonds is 4. The molecule has 0 bridgehead atoms. The molecule has 0 aliphatic carbocycles.